The Hall–Kier alpha value is -0.280. The largest absolute Gasteiger partial charge is 0.353 e. The number of carbonyl (C=O) groups excluding carboxylic acids is 1. The molecule has 5 rings (SSSR count). The third-order valence-electron chi connectivity index (χ3n) is 6.47. The number of hydrogen-bond acceptors (Lipinski definition) is 2. The molecule has 4 aliphatic carbocycles. The molecular weight excluding hydrogens is 272 g/mol. The maximum atomic E-state index is 12.4. The Kier molecular flexibility index (Phi) is 4.02. The van der Waals surface area contributed by atoms with Gasteiger partial charge in [-0.1, -0.05) is 6.92 Å². The Morgan fingerprint density at radius 3 is 2.05 bits per heavy atom. The fourth-order valence-corrected chi connectivity index (χ4v) is 5.34. The van der Waals surface area contributed by atoms with Crippen molar-refractivity contribution in [3.05, 3.63) is 0 Å². The molecule has 1 saturated heterocycles. The van der Waals surface area contributed by atoms with E-state index in [9.17, 15) is 4.79 Å². The lowest BCUT2D eigenvalue weighted by Crippen LogP contribution is -2.58. The average Bonchev–Trinajstić information content (AvgIpc) is 2.30. The Morgan fingerprint density at radius 1 is 1.05 bits per heavy atom. The van der Waals surface area contributed by atoms with Crippen LogP contribution < -0.4 is 10.6 Å². The molecule has 1 unspecified atom stereocenters. The molecule has 4 bridgehead atoms. The first-order valence-corrected chi connectivity index (χ1v) is 8.21. The maximum Gasteiger partial charge on any atom is 0.223 e. The van der Waals surface area contributed by atoms with Crippen molar-refractivity contribution in [1.82, 2.24) is 10.6 Å². The van der Waals surface area contributed by atoms with Crippen molar-refractivity contribution in [2.45, 2.75) is 45.1 Å². The molecule has 0 aromatic carbocycles. The molecule has 1 atom stereocenters. The average molecular weight is 299 g/mol. The minimum Gasteiger partial charge on any atom is -0.353 e. The summed E-state index contributed by atoms with van der Waals surface area (Å²) in [7, 11) is 0. The number of amides is 1. The summed E-state index contributed by atoms with van der Waals surface area (Å²) < 4.78 is 0. The molecule has 114 valence electrons. The normalized spacial score (nSPS) is 43.5. The predicted octanol–water partition coefficient (Wildman–Crippen LogP) is 2.20. The summed E-state index contributed by atoms with van der Waals surface area (Å²) in [6.07, 6.45) is 7.03. The van der Waals surface area contributed by atoms with Crippen LogP contribution in [-0.2, 0) is 4.79 Å². The summed E-state index contributed by atoms with van der Waals surface area (Å²) in [4.78, 5) is 12.4. The molecule has 5 aliphatic rings. The van der Waals surface area contributed by atoms with Gasteiger partial charge in [-0.3, -0.25) is 4.79 Å². The van der Waals surface area contributed by atoms with Crippen LogP contribution in [0.1, 0.15) is 39.0 Å². The van der Waals surface area contributed by atoms with Gasteiger partial charge in [0.2, 0.25) is 5.91 Å². The van der Waals surface area contributed by atoms with E-state index in [1.54, 1.807) is 0 Å². The van der Waals surface area contributed by atoms with E-state index in [4.69, 9.17) is 0 Å². The second-order valence-corrected chi connectivity index (χ2v) is 7.67. The number of hydrogen-bond donors (Lipinski definition) is 2. The van der Waals surface area contributed by atoms with Gasteiger partial charge in [-0.15, -0.1) is 12.4 Å². The molecule has 3 nitrogen and oxygen atoms in total. The van der Waals surface area contributed by atoms with Gasteiger partial charge in [0.1, 0.15) is 0 Å². The maximum absolute atomic E-state index is 12.4. The summed E-state index contributed by atoms with van der Waals surface area (Å²) in [5.41, 5.74) is 0. The molecule has 2 N–H and O–H groups in total. The van der Waals surface area contributed by atoms with E-state index in [1.165, 1.54) is 32.1 Å². The van der Waals surface area contributed by atoms with Gasteiger partial charge >= 0.3 is 0 Å². The highest BCUT2D eigenvalue weighted by Gasteiger charge is 2.49. The molecular formula is C16H27ClN2O. The van der Waals surface area contributed by atoms with E-state index in [1.807, 2.05) is 0 Å². The van der Waals surface area contributed by atoms with Gasteiger partial charge < -0.3 is 10.6 Å². The van der Waals surface area contributed by atoms with Crippen molar-refractivity contribution in [1.29, 1.82) is 0 Å². The molecule has 0 radical (unpaired) electrons. The topological polar surface area (TPSA) is 41.1 Å². The van der Waals surface area contributed by atoms with Crippen molar-refractivity contribution in [2.24, 2.45) is 35.5 Å². The van der Waals surface area contributed by atoms with Crippen molar-refractivity contribution < 1.29 is 4.79 Å². The third-order valence-corrected chi connectivity index (χ3v) is 6.47. The molecule has 0 spiro atoms. The van der Waals surface area contributed by atoms with Crippen LogP contribution in [0.4, 0.5) is 0 Å². The van der Waals surface area contributed by atoms with Gasteiger partial charge in [0, 0.05) is 12.0 Å². The first-order chi connectivity index (χ1) is 9.20. The molecule has 0 aromatic rings. The monoisotopic (exact) mass is 298 g/mol. The van der Waals surface area contributed by atoms with E-state index >= 15 is 0 Å². The standard InChI is InChI=1S/C16H26N2O.ClH/c1-9(14-7-17-8-14)16(19)18-15-12-3-10-2-11(5-12)6-13(15)4-10;/h9-15,17H,2-8H2,1H3,(H,18,19);1H. The second-order valence-electron chi connectivity index (χ2n) is 7.67. The Balaban J connectivity index is 0.00000121. The van der Waals surface area contributed by atoms with E-state index in [-0.39, 0.29) is 18.3 Å². The van der Waals surface area contributed by atoms with Crippen LogP contribution in [0.25, 0.3) is 0 Å². The summed E-state index contributed by atoms with van der Waals surface area (Å²) >= 11 is 0. The SMILES string of the molecule is CC(C(=O)NC1C2CC3CC(C2)CC1C3)C1CNC1.Cl. The van der Waals surface area contributed by atoms with Gasteiger partial charge in [0.05, 0.1) is 0 Å². The highest BCUT2D eigenvalue weighted by molar-refractivity contribution is 5.85. The lowest BCUT2D eigenvalue weighted by molar-refractivity contribution is -0.130. The minimum atomic E-state index is 0. The molecule has 0 aromatic heterocycles. The van der Waals surface area contributed by atoms with Gasteiger partial charge in [-0.2, -0.15) is 0 Å². The summed E-state index contributed by atoms with van der Waals surface area (Å²) in [5.74, 6) is 4.66. The number of carbonyl (C=O) groups is 1. The number of nitrogens with one attached hydrogen (secondary N) is 2. The first kappa shape index (κ1) is 14.6. The summed E-state index contributed by atoms with van der Waals surface area (Å²) in [6, 6.07) is 0.510. The molecule has 20 heavy (non-hydrogen) atoms. The summed E-state index contributed by atoms with van der Waals surface area (Å²) in [5, 5.41) is 6.72. The molecule has 4 heteroatoms. The lowest BCUT2D eigenvalue weighted by Gasteiger charge is -2.54. The zero-order valence-corrected chi connectivity index (χ0v) is 13.1. The highest BCUT2D eigenvalue weighted by Crippen LogP contribution is 2.53. The number of halogens is 1. The van der Waals surface area contributed by atoms with Crippen LogP contribution in [-0.4, -0.2) is 25.0 Å². The number of rotatable bonds is 3. The summed E-state index contributed by atoms with van der Waals surface area (Å²) in [6.45, 7) is 4.16. The second kappa shape index (κ2) is 5.49. The zero-order valence-electron chi connectivity index (χ0n) is 12.3. The molecule has 1 amide bonds. The van der Waals surface area contributed by atoms with Crippen molar-refractivity contribution in [3.63, 3.8) is 0 Å². The smallest absolute Gasteiger partial charge is 0.223 e. The lowest BCUT2D eigenvalue weighted by atomic mass is 9.54. The third kappa shape index (κ3) is 2.37. The van der Waals surface area contributed by atoms with Crippen LogP contribution in [0.15, 0.2) is 0 Å². The minimum absolute atomic E-state index is 0. The van der Waals surface area contributed by atoms with Crippen LogP contribution in [0, 0.1) is 35.5 Å². The van der Waals surface area contributed by atoms with E-state index in [2.05, 4.69) is 17.6 Å². The quantitative estimate of drug-likeness (QED) is 0.839. The highest BCUT2D eigenvalue weighted by atomic mass is 35.5. The van der Waals surface area contributed by atoms with Crippen LogP contribution in [0.3, 0.4) is 0 Å². The molecule has 1 heterocycles. The molecule has 5 fully saturated rings. The van der Waals surface area contributed by atoms with Crippen LogP contribution >= 0.6 is 12.4 Å². The Labute approximate surface area is 128 Å². The molecule has 4 saturated carbocycles. The van der Waals surface area contributed by atoms with Crippen LogP contribution in [0.2, 0.25) is 0 Å². The fraction of sp³-hybridized carbons (Fsp3) is 0.938. The Morgan fingerprint density at radius 2 is 1.60 bits per heavy atom. The Bertz CT molecular complexity index is 355. The van der Waals surface area contributed by atoms with Gasteiger partial charge in [-0.25, -0.2) is 0 Å². The van der Waals surface area contributed by atoms with E-state index in [0.717, 1.165) is 36.8 Å². The van der Waals surface area contributed by atoms with E-state index in [0.29, 0.717) is 17.9 Å². The van der Waals surface area contributed by atoms with Gasteiger partial charge in [0.15, 0.2) is 0 Å². The zero-order chi connectivity index (χ0) is 13.0. The fourth-order valence-electron chi connectivity index (χ4n) is 5.34. The van der Waals surface area contributed by atoms with Crippen molar-refractivity contribution in [3.8, 4) is 0 Å². The van der Waals surface area contributed by atoms with Gasteiger partial charge in [0.25, 0.3) is 0 Å². The first-order valence-electron chi connectivity index (χ1n) is 8.21. The molecule has 1 aliphatic heterocycles. The van der Waals surface area contributed by atoms with E-state index < -0.39 is 0 Å². The van der Waals surface area contributed by atoms with Crippen molar-refractivity contribution in [2.75, 3.05) is 13.1 Å². The van der Waals surface area contributed by atoms with Crippen LogP contribution in [0.5, 0.6) is 0 Å². The predicted molar refractivity (Wildman–Crippen MR) is 81.7 cm³/mol. The van der Waals surface area contributed by atoms with Gasteiger partial charge in [-0.05, 0) is 74.8 Å². The van der Waals surface area contributed by atoms with Crippen molar-refractivity contribution >= 4 is 18.3 Å².